The van der Waals surface area contributed by atoms with Gasteiger partial charge in [0, 0.05) is 17.5 Å². The smallest absolute Gasteiger partial charge is 0.426 e. The third-order valence-corrected chi connectivity index (χ3v) is 8.28. The second-order valence-corrected chi connectivity index (χ2v) is 10.7. The maximum Gasteiger partial charge on any atom is 0.426 e. The summed E-state index contributed by atoms with van der Waals surface area (Å²) in [5.74, 6) is 0.575. The fraction of sp³-hybridized carbons (Fsp3) is 0.240. The van der Waals surface area contributed by atoms with Crippen molar-refractivity contribution in [3.63, 3.8) is 0 Å². The molecule has 11 heteroatoms. The van der Waals surface area contributed by atoms with Crippen molar-refractivity contribution in [2.75, 3.05) is 0 Å². The Morgan fingerprint density at radius 3 is 2.39 bits per heavy atom. The second kappa shape index (κ2) is 10.1. The summed E-state index contributed by atoms with van der Waals surface area (Å²) in [6, 6.07) is 14.6. The van der Waals surface area contributed by atoms with Gasteiger partial charge in [0.15, 0.2) is 0 Å². The normalized spacial score (nSPS) is 13.1. The molecule has 0 amide bonds. The van der Waals surface area contributed by atoms with Crippen LogP contribution in [0.4, 0.5) is 13.2 Å². The SMILES string of the molecule is CCn1c(C(C)NS(=O)(=O)c2csc(C(F)(F)F)c2-c2ccccc2)cnc1Oc1ccc(C)cc1. The molecule has 0 aliphatic rings. The number of nitrogens with zero attached hydrogens (tertiary/aromatic N) is 2. The first-order valence-corrected chi connectivity index (χ1v) is 13.4. The summed E-state index contributed by atoms with van der Waals surface area (Å²) in [4.78, 5) is 2.91. The molecule has 1 atom stereocenters. The molecule has 2 aromatic heterocycles. The van der Waals surface area contributed by atoms with E-state index in [1.807, 2.05) is 26.0 Å². The topological polar surface area (TPSA) is 73.2 Å². The Kier molecular flexibility index (Phi) is 7.26. The van der Waals surface area contributed by atoms with Crippen molar-refractivity contribution in [1.29, 1.82) is 0 Å². The molecule has 1 N–H and O–H groups in total. The van der Waals surface area contributed by atoms with Crippen LogP contribution in [0.1, 0.15) is 36.0 Å². The number of nitrogens with one attached hydrogen (secondary N) is 1. The van der Waals surface area contributed by atoms with E-state index in [4.69, 9.17) is 4.74 Å². The van der Waals surface area contributed by atoms with Gasteiger partial charge in [0.2, 0.25) is 10.0 Å². The first-order valence-electron chi connectivity index (χ1n) is 11.1. The van der Waals surface area contributed by atoms with E-state index < -0.39 is 32.0 Å². The van der Waals surface area contributed by atoms with E-state index in [9.17, 15) is 21.6 Å². The van der Waals surface area contributed by atoms with Crippen molar-refractivity contribution in [1.82, 2.24) is 14.3 Å². The molecule has 0 bridgehead atoms. The molecule has 2 heterocycles. The number of benzene rings is 2. The number of imidazole rings is 1. The van der Waals surface area contributed by atoms with Crippen LogP contribution >= 0.6 is 11.3 Å². The second-order valence-electron chi connectivity index (χ2n) is 8.14. The molecular weight excluding hydrogens is 511 g/mol. The zero-order chi connectivity index (χ0) is 26.1. The number of aromatic nitrogens is 2. The highest BCUT2D eigenvalue weighted by Gasteiger charge is 2.39. The number of ether oxygens (including phenoxy) is 1. The van der Waals surface area contributed by atoms with Crippen LogP contribution in [-0.2, 0) is 22.7 Å². The molecule has 4 rings (SSSR count). The molecule has 0 radical (unpaired) electrons. The van der Waals surface area contributed by atoms with Crippen molar-refractivity contribution in [3.8, 4) is 22.9 Å². The molecular formula is C25H24F3N3O3S2. The zero-order valence-electron chi connectivity index (χ0n) is 19.7. The summed E-state index contributed by atoms with van der Waals surface area (Å²) < 4.78 is 78.0. The van der Waals surface area contributed by atoms with Gasteiger partial charge in [-0.05, 0) is 38.5 Å². The molecule has 190 valence electrons. The molecule has 36 heavy (non-hydrogen) atoms. The van der Waals surface area contributed by atoms with Crippen LogP contribution in [0.3, 0.4) is 0 Å². The van der Waals surface area contributed by atoms with E-state index in [1.165, 1.54) is 18.3 Å². The molecule has 4 aromatic rings. The lowest BCUT2D eigenvalue weighted by molar-refractivity contribution is -0.133. The van der Waals surface area contributed by atoms with Crippen molar-refractivity contribution in [2.24, 2.45) is 0 Å². The fourth-order valence-corrected chi connectivity index (χ4v) is 6.55. The van der Waals surface area contributed by atoms with Crippen LogP contribution in [0.2, 0.25) is 0 Å². The quantitative estimate of drug-likeness (QED) is 0.270. The Bertz CT molecular complexity index is 1450. The predicted molar refractivity (Wildman–Crippen MR) is 133 cm³/mol. The Labute approximate surface area is 211 Å². The zero-order valence-corrected chi connectivity index (χ0v) is 21.3. The number of hydrogen-bond donors (Lipinski definition) is 1. The van der Waals surface area contributed by atoms with Crippen molar-refractivity contribution < 1.29 is 26.3 Å². The third kappa shape index (κ3) is 5.32. The van der Waals surface area contributed by atoms with Crippen LogP contribution in [0.15, 0.2) is 71.1 Å². The van der Waals surface area contributed by atoms with E-state index in [-0.39, 0.29) is 17.1 Å². The van der Waals surface area contributed by atoms with Gasteiger partial charge in [-0.1, -0.05) is 48.0 Å². The van der Waals surface area contributed by atoms with Crippen LogP contribution < -0.4 is 9.46 Å². The Morgan fingerprint density at radius 2 is 1.78 bits per heavy atom. The Balaban J connectivity index is 1.66. The van der Waals surface area contributed by atoms with E-state index >= 15 is 0 Å². The number of rotatable bonds is 8. The monoisotopic (exact) mass is 535 g/mol. The highest BCUT2D eigenvalue weighted by Crippen LogP contribution is 2.45. The predicted octanol–water partition coefficient (Wildman–Crippen LogP) is 6.79. The number of halogens is 3. The molecule has 0 aliphatic heterocycles. The summed E-state index contributed by atoms with van der Waals surface area (Å²) in [6.07, 6.45) is -3.20. The molecule has 0 aliphatic carbocycles. The van der Waals surface area contributed by atoms with Crippen LogP contribution in [0.25, 0.3) is 11.1 Å². The number of hydrogen-bond acceptors (Lipinski definition) is 5. The van der Waals surface area contributed by atoms with Crippen molar-refractivity contribution >= 4 is 21.4 Å². The molecule has 2 aromatic carbocycles. The minimum atomic E-state index is -4.70. The average molecular weight is 536 g/mol. The molecule has 0 fully saturated rings. The standard InChI is InChI=1S/C25H24F3N3O3S2/c1-4-31-20(14-29-24(31)34-19-12-10-16(2)11-13-19)17(3)30-36(32,33)21-15-35-23(25(26,27)28)22(21)18-8-6-5-7-9-18/h5-15,17,30H,4H2,1-3H3. The molecule has 6 nitrogen and oxygen atoms in total. The van der Waals surface area contributed by atoms with Gasteiger partial charge in [0.1, 0.15) is 15.5 Å². The van der Waals surface area contributed by atoms with Gasteiger partial charge in [0.25, 0.3) is 0 Å². The van der Waals surface area contributed by atoms with E-state index in [0.29, 0.717) is 29.3 Å². The minimum absolute atomic E-state index is 0.173. The van der Waals surface area contributed by atoms with Crippen LogP contribution in [0.5, 0.6) is 11.8 Å². The summed E-state index contributed by atoms with van der Waals surface area (Å²) in [6.45, 7) is 5.86. The van der Waals surface area contributed by atoms with Gasteiger partial charge in [-0.3, -0.25) is 4.57 Å². The number of alkyl halides is 3. The summed E-state index contributed by atoms with van der Waals surface area (Å²) in [5.41, 5.74) is 1.39. The fourth-order valence-electron chi connectivity index (χ4n) is 3.81. The Morgan fingerprint density at radius 1 is 1.11 bits per heavy atom. The van der Waals surface area contributed by atoms with E-state index in [1.54, 1.807) is 41.8 Å². The largest absolute Gasteiger partial charge is 0.426 e. The van der Waals surface area contributed by atoms with Crippen LogP contribution in [0, 0.1) is 6.92 Å². The molecule has 1 unspecified atom stereocenters. The van der Waals surface area contributed by atoms with Crippen molar-refractivity contribution in [3.05, 3.63) is 82.3 Å². The van der Waals surface area contributed by atoms with Crippen molar-refractivity contribution in [2.45, 2.75) is 44.4 Å². The lowest BCUT2D eigenvalue weighted by atomic mass is 10.1. The van der Waals surface area contributed by atoms with Gasteiger partial charge in [0.05, 0.1) is 17.9 Å². The average Bonchev–Trinajstić information content (AvgIpc) is 3.46. The maximum atomic E-state index is 13.7. The number of thiophene rings is 1. The van der Waals surface area contributed by atoms with Gasteiger partial charge >= 0.3 is 12.2 Å². The summed E-state index contributed by atoms with van der Waals surface area (Å²) in [7, 11) is -4.33. The lowest BCUT2D eigenvalue weighted by Crippen LogP contribution is -2.28. The van der Waals surface area contributed by atoms with Gasteiger partial charge in [-0.15, -0.1) is 11.3 Å². The Hall–Kier alpha value is -3.15. The highest BCUT2D eigenvalue weighted by atomic mass is 32.2. The van der Waals surface area contributed by atoms with E-state index in [2.05, 4.69) is 9.71 Å². The highest BCUT2D eigenvalue weighted by molar-refractivity contribution is 7.89. The summed E-state index contributed by atoms with van der Waals surface area (Å²) >= 11 is 0.360. The minimum Gasteiger partial charge on any atom is -0.426 e. The van der Waals surface area contributed by atoms with Gasteiger partial charge in [-0.25, -0.2) is 18.1 Å². The molecule has 0 saturated heterocycles. The number of sulfonamides is 1. The lowest BCUT2D eigenvalue weighted by Gasteiger charge is -2.18. The molecule has 0 saturated carbocycles. The van der Waals surface area contributed by atoms with Gasteiger partial charge in [-0.2, -0.15) is 13.2 Å². The van der Waals surface area contributed by atoms with E-state index in [0.717, 1.165) is 10.9 Å². The van der Waals surface area contributed by atoms with Crippen LogP contribution in [-0.4, -0.2) is 18.0 Å². The number of aryl methyl sites for hydroxylation is 1. The first-order chi connectivity index (χ1) is 17.0. The molecule has 0 spiro atoms. The first kappa shape index (κ1) is 25.9. The third-order valence-electron chi connectivity index (χ3n) is 5.54. The summed E-state index contributed by atoms with van der Waals surface area (Å²) in [5, 5.41) is 1.03. The van der Waals surface area contributed by atoms with Gasteiger partial charge < -0.3 is 4.74 Å². The maximum absolute atomic E-state index is 13.7.